The van der Waals surface area contributed by atoms with Gasteiger partial charge in [0, 0.05) is 12.5 Å². The van der Waals surface area contributed by atoms with Crippen molar-refractivity contribution in [1.29, 1.82) is 0 Å². The van der Waals surface area contributed by atoms with Crippen LogP contribution >= 0.6 is 0 Å². The van der Waals surface area contributed by atoms with Crippen molar-refractivity contribution < 1.29 is 14.6 Å². The summed E-state index contributed by atoms with van der Waals surface area (Å²) < 4.78 is 4.61. The second-order valence-corrected chi connectivity index (χ2v) is 5.46. The number of nitrogens with zero attached hydrogens (tertiary/aromatic N) is 1. The summed E-state index contributed by atoms with van der Waals surface area (Å²) in [6, 6.07) is 0.417. The van der Waals surface area contributed by atoms with Crippen molar-refractivity contribution in [2.75, 3.05) is 26.8 Å². The number of likely N-dealkylation sites (tertiary alicyclic amines) is 1. The molecule has 1 N–H and O–H groups in total. The fourth-order valence-electron chi connectivity index (χ4n) is 2.79. The highest BCUT2D eigenvalue weighted by Crippen LogP contribution is 2.17. The summed E-state index contributed by atoms with van der Waals surface area (Å²) in [5.74, 6) is -0.0934. The van der Waals surface area contributed by atoms with E-state index in [0.717, 1.165) is 32.4 Å². The zero-order chi connectivity index (χ0) is 13.9. The van der Waals surface area contributed by atoms with Gasteiger partial charge in [-0.1, -0.05) is 25.7 Å². The highest BCUT2D eigenvalue weighted by atomic mass is 16.5. The lowest BCUT2D eigenvalue weighted by Gasteiger charge is -2.22. The molecule has 1 aliphatic heterocycles. The van der Waals surface area contributed by atoms with Crippen LogP contribution in [0, 0.1) is 0 Å². The lowest BCUT2D eigenvalue weighted by Crippen LogP contribution is -2.32. The van der Waals surface area contributed by atoms with Crippen LogP contribution in [-0.4, -0.2) is 48.8 Å². The zero-order valence-electron chi connectivity index (χ0n) is 12.3. The van der Waals surface area contributed by atoms with E-state index in [1.807, 2.05) is 0 Å². The smallest absolute Gasteiger partial charge is 0.305 e. The average Bonchev–Trinajstić information content (AvgIpc) is 2.88. The molecule has 19 heavy (non-hydrogen) atoms. The van der Waals surface area contributed by atoms with E-state index in [4.69, 9.17) is 0 Å². The number of carbonyl (C=O) groups is 1. The Hall–Kier alpha value is -0.610. The molecule has 0 bridgehead atoms. The predicted octanol–water partition coefficient (Wildman–Crippen LogP) is 2.35. The van der Waals surface area contributed by atoms with Gasteiger partial charge in [-0.25, -0.2) is 0 Å². The molecule has 0 radical (unpaired) electrons. The molecule has 1 saturated heterocycles. The van der Waals surface area contributed by atoms with Gasteiger partial charge in [-0.15, -0.1) is 0 Å². The molecule has 1 aliphatic rings. The number of unbranched alkanes of at least 4 members (excludes halogenated alkanes) is 5. The molecule has 0 aromatic rings. The van der Waals surface area contributed by atoms with Crippen LogP contribution in [0.15, 0.2) is 0 Å². The van der Waals surface area contributed by atoms with Crippen molar-refractivity contribution in [2.45, 2.75) is 63.8 Å². The summed E-state index contributed by atoms with van der Waals surface area (Å²) in [4.78, 5) is 13.3. The fourth-order valence-corrected chi connectivity index (χ4v) is 2.79. The number of carbonyl (C=O) groups excluding carboxylic acids is 1. The SMILES string of the molecule is COC(=O)CCCCCCCCN1CCC[C@H]1CO. The minimum atomic E-state index is -0.0934. The first-order valence-electron chi connectivity index (χ1n) is 7.69. The number of esters is 1. The van der Waals surface area contributed by atoms with Crippen molar-refractivity contribution in [3.63, 3.8) is 0 Å². The Balaban J connectivity index is 1.87. The van der Waals surface area contributed by atoms with Crippen LogP contribution in [0.25, 0.3) is 0 Å². The standard InChI is InChI=1S/C15H29NO3/c1-19-15(18)10-6-4-2-3-5-7-11-16-12-8-9-14(16)13-17/h14,17H,2-13H2,1H3/t14-/m0/s1. The number of hydrogen-bond donors (Lipinski definition) is 1. The molecule has 4 heteroatoms. The summed E-state index contributed by atoms with van der Waals surface area (Å²) in [6.07, 6.45) is 9.97. The Bertz CT molecular complexity index is 246. The van der Waals surface area contributed by atoms with Crippen LogP contribution in [0.5, 0.6) is 0 Å². The van der Waals surface area contributed by atoms with E-state index in [1.165, 1.54) is 39.2 Å². The molecule has 1 fully saturated rings. The Kier molecular flexibility index (Phi) is 8.84. The summed E-state index contributed by atoms with van der Waals surface area (Å²) >= 11 is 0. The summed E-state index contributed by atoms with van der Waals surface area (Å²) in [5.41, 5.74) is 0. The van der Waals surface area contributed by atoms with Gasteiger partial charge in [0.2, 0.25) is 0 Å². The van der Waals surface area contributed by atoms with Gasteiger partial charge < -0.3 is 9.84 Å². The number of rotatable bonds is 10. The van der Waals surface area contributed by atoms with E-state index in [9.17, 15) is 9.90 Å². The van der Waals surface area contributed by atoms with Gasteiger partial charge in [0.05, 0.1) is 13.7 Å². The lowest BCUT2D eigenvalue weighted by molar-refractivity contribution is -0.140. The van der Waals surface area contributed by atoms with Gasteiger partial charge in [0.25, 0.3) is 0 Å². The largest absolute Gasteiger partial charge is 0.469 e. The maximum atomic E-state index is 10.9. The number of ether oxygens (including phenoxy) is 1. The van der Waals surface area contributed by atoms with E-state index < -0.39 is 0 Å². The number of aliphatic hydroxyl groups is 1. The zero-order valence-corrected chi connectivity index (χ0v) is 12.3. The topological polar surface area (TPSA) is 49.8 Å². The van der Waals surface area contributed by atoms with Crippen molar-refractivity contribution in [3.8, 4) is 0 Å². The first-order chi connectivity index (χ1) is 9.27. The van der Waals surface area contributed by atoms with Crippen molar-refractivity contribution in [2.24, 2.45) is 0 Å². The number of aliphatic hydroxyl groups excluding tert-OH is 1. The predicted molar refractivity (Wildman–Crippen MR) is 76.0 cm³/mol. The quantitative estimate of drug-likeness (QED) is 0.489. The van der Waals surface area contributed by atoms with Gasteiger partial charge in [0.15, 0.2) is 0 Å². The molecule has 0 aliphatic carbocycles. The third-order valence-electron chi connectivity index (χ3n) is 4.01. The number of methoxy groups -OCH3 is 1. The molecule has 0 aromatic heterocycles. The van der Waals surface area contributed by atoms with Crippen LogP contribution in [0.4, 0.5) is 0 Å². The van der Waals surface area contributed by atoms with Crippen LogP contribution in [0.2, 0.25) is 0 Å². The van der Waals surface area contributed by atoms with Gasteiger partial charge in [-0.2, -0.15) is 0 Å². The van der Waals surface area contributed by atoms with E-state index in [-0.39, 0.29) is 5.97 Å². The van der Waals surface area contributed by atoms with Crippen molar-refractivity contribution in [1.82, 2.24) is 4.90 Å². The second-order valence-electron chi connectivity index (χ2n) is 5.46. The van der Waals surface area contributed by atoms with Gasteiger partial charge in [0.1, 0.15) is 0 Å². The average molecular weight is 271 g/mol. The first-order valence-corrected chi connectivity index (χ1v) is 7.69. The minimum Gasteiger partial charge on any atom is -0.469 e. The molecule has 0 amide bonds. The molecule has 1 heterocycles. The molecule has 0 unspecified atom stereocenters. The summed E-state index contributed by atoms with van der Waals surface area (Å²) in [7, 11) is 1.44. The Labute approximate surface area is 117 Å². The summed E-state index contributed by atoms with van der Waals surface area (Å²) in [6.45, 7) is 2.60. The Morgan fingerprint density at radius 3 is 2.58 bits per heavy atom. The van der Waals surface area contributed by atoms with Gasteiger partial charge >= 0.3 is 5.97 Å². The third kappa shape index (κ3) is 6.92. The van der Waals surface area contributed by atoms with Crippen molar-refractivity contribution in [3.05, 3.63) is 0 Å². The molecule has 112 valence electrons. The maximum absolute atomic E-state index is 10.9. The van der Waals surface area contributed by atoms with Crippen LogP contribution in [-0.2, 0) is 9.53 Å². The molecule has 1 rings (SSSR count). The Morgan fingerprint density at radius 2 is 1.89 bits per heavy atom. The van der Waals surface area contributed by atoms with Gasteiger partial charge in [-0.3, -0.25) is 9.69 Å². The van der Waals surface area contributed by atoms with Crippen LogP contribution in [0.3, 0.4) is 0 Å². The third-order valence-corrected chi connectivity index (χ3v) is 4.01. The number of hydrogen-bond acceptors (Lipinski definition) is 4. The molecule has 0 spiro atoms. The lowest BCUT2D eigenvalue weighted by atomic mass is 10.1. The summed E-state index contributed by atoms with van der Waals surface area (Å²) in [5, 5.41) is 9.22. The minimum absolute atomic E-state index is 0.0934. The Morgan fingerprint density at radius 1 is 1.21 bits per heavy atom. The van der Waals surface area contributed by atoms with E-state index in [1.54, 1.807) is 0 Å². The molecular weight excluding hydrogens is 242 g/mol. The maximum Gasteiger partial charge on any atom is 0.305 e. The molecule has 4 nitrogen and oxygen atoms in total. The molecule has 1 atom stereocenters. The first kappa shape index (κ1) is 16.4. The molecule has 0 aromatic carbocycles. The highest BCUT2D eigenvalue weighted by molar-refractivity contribution is 5.68. The van der Waals surface area contributed by atoms with Crippen LogP contribution in [0.1, 0.15) is 57.8 Å². The normalized spacial score (nSPS) is 19.8. The fraction of sp³-hybridized carbons (Fsp3) is 0.933. The van der Waals surface area contributed by atoms with E-state index in [0.29, 0.717) is 19.1 Å². The van der Waals surface area contributed by atoms with E-state index >= 15 is 0 Å². The molecular formula is C15H29NO3. The highest BCUT2D eigenvalue weighted by Gasteiger charge is 2.22. The monoisotopic (exact) mass is 271 g/mol. The molecule has 0 saturated carbocycles. The second kappa shape index (κ2) is 10.2. The van der Waals surface area contributed by atoms with Crippen LogP contribution < -0.4 is 0 Å². The van der Waals surface area contributed by atoms with Gasteiger partial charge in [-0.05, 0) is 38.8 Å². The van der Waals surface area contributed by atoms with E-state index in [2.05, 4.69) is 9.64 Å². The van der Waals surface area contributed by atoms with Crippen molar-refractivity contribution >= 4 is 5.97 Å².